The van der Waals surface area contributed by atoms with E-state index in [1.165, 1.54) is 12.1 Å². The molecule has 0 bridgehead atoms. The molecule has 0 spiro atoms. The molecule has 0 fully saturated rings. The second-order valence-electron chi connectivity index (χ2n) is 9.75. The summed E-state index contributed by atoms with van der Waals surface area (Å²) in [6.07, 6.45) is 0. The van der Waals surface area contributed by atoms with Crippen LogP contribution in [0.15, 0.2) is 42.5 Å². The van der Waals surface area contributed by atoms with Gasteiger partial charge in [0.2, 0.25) is 0 Å². The third-order valence-electron chi connectivity index (χ3n) is 6.51. The van der Waals surface area contributed by atoms with Crippen molar-refractivity contribution < 1.29 is 14.0 Å². The minimum absolute atomic E-state index is 0.0111. The van der Waals surface area contributed by atoms with E-state index in [2.05, 4.69) is 20.8 Å². The molecule has 1 aliphatic rings. The van der Waals surface area contributed by atoms with Gasteiger partial charge in [-0.2, -0.15) is 5.10 Å². The number of halogens is 2. The summed E-state index contributed by atoms with van der Waals surface area (Å²) in [6, 6.07) is 12.3. The van der Waals surface area contributed by atoms with Crippen molar-refractivity contribution in [3.63, 3.8) is 0 Å². The third kappa shape index (κ3) is 4.81. The van der Waals surface area contributed by atoms with E-state index in [1.807, 2.05) is 63.2 Å². The first-order valence-electron chi connectivity index (χ1n) is 11.6. The quantitative estimate of drug-likeness (QED) is 0.441. The number of amides is 3. The van der Waals surface area contributed by atoms with E-state index in [4.69, 9.17) is 11.6 Å². The zero-order chi connectivity index (χ0) is 26.2. The van der Waals surface area contributed by atoms with Gasteiger partial charge in [0.25, 0.3) is 5.91 Å². The Morgan fingerprint density at radius 1 is 1.22 bits per heavy atom. The average molecular weight is 513 g/mol. The molecule has 0 radical (unpaired) electrons. The van der Waals surface area contributed by atoms with Crippen molar-refractivity contribution in [1.82, 2.24) is 25.3 Å². The van der Waals surface area contributed by atoms with Crippen LogP contribution in [-0.2, 0) is 12.1 Å². The molecule has 36 heavy (non-hydrogen) atoms. The van der Waals surface area contributed by atoms with Gasteiger partial charge in [0, 0.05) is 12.1 Å². The van der Waals surface area contributed by atoms with Gasteiger partial charge < -0.3 is 20.4 Å². The molecule has 2 heterocycles. The Balaban J connectivity index is 1.56. The second kappa shape index (κ2) is 9.91. The van der Waals surface area contributed by atoms with Crippen LogP contribution >= 0.6 is 11.6 Å². The molecule has 0 saturated heterocycles. The van der Waals surface area contributed by atoms with E-state index in [0.717, 1.165) is 5.56 Å². The Kier molecular flexibility index (Phi) is 7.06. The fraction of sp³-hybridized carbons (Fsp3) is 0.346. The standard InChI is InChI=1S/C26H30ClFN6O2/c1-15-11-12-18(27)20(21(15)28)24(35)30-23-17-13-34(26(2,3)22(17)31-32-23)25(36)29-19(14-33(4)5)16-9-7-6-8-10-16/h6-12,19H,13-14H2,1-5H3,(H,29,36)(H2,30,31,32,35)/t19-/m1/s1. The van der Waals surface area contributed by atoms with Gasteiger partial charge in [-0.1, -0.05) is 48.0 Å². The van der Waals surface area contributed by atoms with Crippen molar-refractivity contribution in [1.29, 1.82) is 0 Å². The molecule has 3 amide bonds. The average Bonchev–Trinajstić information content (AvgIpc) is 3.34. The van der Waals surface area contributed by atoms with Gasteiger partial charge in [-0.05, 0) is 52.1 Å². The van der Waals surface area contributed by atoms with Crippen molar-refractivity contribution in [2.45, 2.75) is 38.9 Å². The summed E-state index contributed by atoms with van der Waals surface area (Å²) in [6.45, 7) is 6.22. The van der Waals surface area contributed by atoms with Crippen molar-refractivity contribution in [2.24, 2.45) is 0 Å². The number of likely N-dealkylation sites (N-methyl/N-ethyl adjacent to an activating group) is 1. The van der Waals surface area contributed by atoms with Crippen LogP contribution in [0.2, 0.25) is 5.02 Å². The van der Waals surface area contributed by atoms with E-state index in [-0.39, 0.29) is 35.0 Å². The lowest BCUT2D eigenvalue weighted by molar-refractivity contribution is 0.102. The Bertz CT molecular complexity index is 1290. The number of nitrogens with one attached hydrogen (secondary N) is 3. The molecule has 3 N–H and O–H groups in total. The molecular formula is C26H30ClFN6O2. The summed E-state index contributed by atoms with van der Waals surface area (Å²) >= 11 is 6.11. The maximum atomic E-state index is 14.6. The Hall–Kier alpha value is -3.43. The number of carbonyl (C=O) groups excluding carboxylic acids is 2. The number of hydrogen-bond donors (Lipinski definition) is 3. The lowest BCUT2D eigenvalue weighted by atomic mass is 10.0. The molecule has 0 unspecified atom stereocenters. The number of aryl methyl sites for hydroxylation is 1. The lowest BCUT2D eigenvalue weighted by Crippen LogP contribution is -2.48. The highest BCUT2D eigenvalue weighted by Gasteiger charge is 2.44. The van der Waals surface area contributed by atoms with E-state index in [1.54, 1.807) is 11.8 Å². The molecule has 1 aliphatic heterocycles. The molecule has 3 aromatic rings. The Morgan fingerprint density at radius 2 is 1.92 bits per heavy atom. The van der Waals surface area contributed by atoms with E-state index in [0.29, 0.717) is 23.4 Å². The van der Waals surface area contributed by atoms with Gasteiger partial charge in [-0.3, -0.25) is 9.89 Å². The maximum Gasteiger partial charge on any atom is 0.319 e. The SMILES string of the molecule is Cc1ccc(Cl)c(C(=O)Nc2n[nH]c3c2CN(C(=O)N[C@H](CN(C)C)c2ccccc2)C3(C)C)c1F. The first kappa shape index (κ1) is 25.7. The van der Waals surface area contributed by atoms with Crippen molar-refractivity contribution >= 4 is 29.4 Å². The highest BCUT2D eigenvalue weighted by atomic mass is 35.5. The topological polar surface area (TPSA) is 93.4 Å². The van der Waals surface area contributed by atoms with Crippen molar-refractivity contribution in [3.8, 4) is 0 Å². The number of H-pyrrole nitrogens is 1. The van der Waals surface area contributed by atoms with Crippen LogP contribution < -0.4 is 10.6 Å². The van der Waals surface area contributed by atoms with Gasteiger partial charge in [0.15, 0.2) is 5.82 Å². The van der Waals surface area contributed by atoms with Gasteiger partial charge in [-0.25, -0.2) is 9.18 Å². The Labute approximate surface area is 214 Å². The number of anilines is 1. The van der Waals surface area contributed by atoms with Crippen LogP contribution in [0.5, 0.6) is 0 Å². The molecular weight excluding hydrogens is 483 g/mol. The zero-order valence-electron chi connectivity index (χ0n) is 20.9. The third-order valence-corrected chi connectivity index (χ3v) is 6.82. The maximum absolute atomic E-state index is 14.6. The molecule has 0 saturated carbocycles. The molecule has 0 aliphatic carbocycles. The monoisotopic (exact) mass is 512 g/mol. The Morgan fingerprint density at radius 3 is 2.58 bits per heavy atom. The molecule has 190 valence electrons. The number of nitrogens with zero attached hydrogens (tertiary/aromatic N) is 3. The van der Waals surface area contributed by atoms with Crippen LogP contribution in [0, 0.1) is 12.7 Å². The van der Waals surface area contributed by atoms with Crippen LogP contribution in [0.3, 0.4) is 0 Å². The lowest BCUT2D eigenvalue weighted by Gasteiger charge is -2.34. The summed E-state index contributed by atoms with van der Waals surface area (Å²) in [5.74, 6) is -1.14. The summed E-state index contributed by atoms with van der Waals surface area (Å²) < 4.78 is 14.6. The van der Waals surface area contributed by atoms with Crippen molar-refractivity contribution in [3.05, 3.63) is 81.3 Å². The van der Waals surface area contributed by atoms with Gasteiger partial charge in [0.05, 0.1) is 34.4 Å². The predicted octanol–water partition coefficient (Wildman–Crippen LogP) is 4.83. The molecule has 10 heteroatoms. The van der Waals surface area contributed by atoms with Gasteiger partial charge in [0.1, 0.15) is 5.82 Å². The number of aromatic amines is 1. The van der Waals surface area contributed by atoms with Gasteiger partial charge in [-0.15, -0.1) is 0 Å². The van der Waals surface area contributed by atoms with E-state index in [9.17, 15) is 14.0 Å². The number of rotatable bonds is 6. The summed E-state index contributed by atoms with van der Waals surface area (Å²) in [4.78, 5) is 30.1. The highest BCUT2D eigenvalue weighted by Crippen LogP contribution is 2.41. The number of hydrogen-bond acceptors (Lipinski definition) is 4. The summed E-state index contributed by atoms with van der Waals surface area (Å²) in [7, 11) is 3.91. The minimum Gasteiger partial charge on any atom is -0.330 e. The van der Waals surface area contributed by atoms with Crippen molar-refractivity contribution in [2.75, 3.05) is 26.0 Å². The minimum atomic E-state index is -0.721. The fourth-order valence-corrected chi connectivity index (χ4v) is 4.72. The van der Waals surface area contributed by atoms with Crippen LogP contribution in [0.25, 0.3) is 0 Å². The number of urea groups is 1. The highest BCUT2D eigenvalue weighted by molar-refractivity contribution is 6.34. The van der Waals surface area contributed by atoms with E-state index < -0.39 is 17.3 Å². The number of benzene rings is 2. The molecule has 4 rings (SSSR count). The number of carbonyl (C=O) groups is 2. The van der Waals surface area contributed by atoms with Crippen LogP contribution in [0.4, 0.5) is 15.0 Å². The van der Waals surface area contributed by atoms with Crippen LogP contribution in [0.1, 0.15) is 52.6 Å². The smallest absolute Gasteiger partial charge is 0.319 e. The number of aromatic nitrogens is 2. The molecule has 8 nitrogen and oxygen atoms in total. The largest absolute Gasteiger partial charge is 0.330 e. The summed E-state index contributed by atoms with van der Waals surface area (Å²) in [5, 5.41) is 13.0. The molecule has 1 atom stereocenters. The number of fused-ring (bicyclic) bond motifs is 1. The van der Waals surface area contributed by atoms with E-state index >= 15 is 0 Å². The van der Waals surface area contributed by atoms with Gasteiger partial charge >= 0.3 is 6.03 Å². The predicted molar refractivity (Wildman–Crippen MR) is 138 cm³/mol. The van der Waals surface area contributed by atoms with Crippen LogP contribution in [-0.4, -0.2) is 52.6 Å². The first-order valence-corrected chi connectivity index (χ1v) is 12.0. The first-order chi connectivity index (χ1) is 17.0. The normalized spacial score (nSPS) is 15.1. The zero-order valence-corrected chi connectivity index (χ0v) is 21.7. The second-order valence-corrected chi connectivity index (χ2v) is 10.2. The summed E-state index contributed by atoms with van der Waals surface area (Å²) in [5.41, 5.74) is 1.72. The molecule has 2 aromatic carbocycles. The molecule has 1 aromatic heterocycles. The fourth-order valence-electron chi connectivity index (χ4n) is 4.49.